The Morgan fingerprint density at radius 2 is 1.83 bits per heavy atom. The van der Waals surface area contributed by atoms with E-state index in [2.05, 4.69) is 11.4 Å². The fourth-order valence-corrected chi connectivity index (χ4v) is 3.50. The van der Waals surface area contributed by atoms with Crippen molar-refractivity contribution in [2.24, 2.45) is 0 Å². The van der Waals surface area contributed by atoms with E-state index in [4.69, 9.17) is 9.47 Å². The molecule has 0 unspecified atom stereocenters. The third kappa shape index (κ3) is 7.06. The van der Waals surface area contributed by atoms with Crippen LogP contribution in [-0.4, -0.2) is 13.2 Å². The van der Waals surface area contributed by atoms with E-state index in [1.807, 2.05) is 31.2 Å². The van der Waals surface area contributed by atoms with Gasteiger partial charge in [0.15, 0.2) is 11.5 Å². The fourth-order valence-electron chi connectivity index (χ4n) is 3.50. The average molecular weight is 420 g/mol. The Labute approximate surface area is 179 Å². The number of ether oxygens (including phenoxy) is 2. The Bertz CT molecular complexity index is 794. The first-order valence-electron chi connectivity index (χ1n) is 10.3. The standard InChI is InChI=1S/C24H30FNO2.ClH/c1-2-27-23-14-8-12-20(17-26-16-15-19-9-4-3-5-10-19)24(23)28-18-21-11-6-7-13-22(21)25;/h6-9,11-14,26H,2-5,10,15-18H2,1H3;1H. The second-order valence-electron chi connectivity index (χ2n) is 7.09. The summed E-state index contributed by atoms with van der Waals surface area (Å²) in [5.41, 5.74) is 3.13. The van der Waals surface area contributed by atoms with E-state index < -0.39 is 0 Å². The SMILES string of the molecule is CCOc1cccc(CNCCC2=CCCCC2)c1OCc1ccccc1F.Cl. The number of allylic oxidation sites excluding steroid dienone is 1. The first-order chi connectivity index (χ1) is 13.8. The first-order valence-corrected chi connectivity index (χ1v) is 10.3. The molecule has 1 aliphatic rings. The van der Waals surface area contributed by atoms with Gasteiger partial charge in [-0.2, -0.15) is 0 Å². The number of hydrogen-bond acceptors (Lipinski definition) is 3. The highest BCUT2D eigenvalue weighted by atomic mass is 35.5. The number of rotatable bonds is 10. The van der Waals surface area contributed by atoms with Gasteiger partial charge in [-0.15, -0.1) is 12.4 Å². The van der Waals surface area contributed by atoms with Crippen LogP contribution in [0.5, 0.6) is 11.5 Å². The summed E-state index contributed by atoms with van der Waals surface area (Å²) in [5.74, 6) is 1.14. The van der Waals surface area contributed by atoms with Crippen LogP contribution in [0.15, 0.2) is 54.1 Å². The van der Waals surface area contributed by atoms with E-state index in [1.54, 1.807) is 17.7 Å². The zero-order chi connectivity index (χ0) is 19.6. The summed E-state index contributed by atoms with van der Waals surface area (Å²) in [7, 11) is 0. The molecule has 158 valence electrons. The van der Waals surface area contributed by atoms with Crippen molar-refractivity contribution in [3.05, 3.63) is 71.1 Å². The molecule has 2 aromatic rings. The van der Waals surface area contributed by atoms with Crippen LogP contribution >= 0.6 is 12.4 Å². The van der Waals surface area contributed by atoms with Crippen LogP contribution in [0.2, 0.25) is 0 Å². The summed E-state index contributed by atoms with van der Waals surface area (Å²) in [5, 5.41) is 3.52. The van der Waals surface area contributed by atoms with Crippen LogP contribution < -0.4 is 14.8 Å². The Hall–Kier alpha value is -2.04. The summed E-state index contributed by atoms with van der Waals surface area (Å²) < 4.78 is 25.7. The number of hydrogen-bond donors (Lipinski definition) is 1. The number of benzene rings is 2. The number of nitrogens with one attached hydrogen (secondary N) is 1. The third-order valence-corrected chi connectivity index (χ3v) is 5.01. The monoisotopic (exact) mass is 419 g/mol. The highest BCUT2D eigenvalue weighted by Crippen LogP contribution is 2.32. The minimum atomic E-state index is -0.253. The van der Waals surface area contributed by atoms with Crippen molar-refractivity contribution in [3.8, 4) is 11.5 Å². The lowest BCUT2D eigenvalue weighted by Crippen LogP contribution is -2.17. The molecule has 0 fully saturated rings. The zero-order valence-electron chi connectivity index (χ0n) is 17.1. The van der Waals surface area contributed by atoms with Gasteiger partial charge < -0.3 is 14.8 Å². The summed E-state index contributed by atoms with van der Waals surface area (Å²) in [6, 6.07) is 12.6. The van der Waals surface area contributed by atoms with Crippen LogP contribution in [-0.2, 0) is 13.2 Å². The van der Waals surface area contributed by atoms with Crippen LogP contribution in [0.4, 0.5) is 4.39 Å². The van der Waals surface area contributed by atoms with Gasteiger partial charge in [0, 0.05) is 17.7 Å². The smallest absolute Gasteiger partial charge is 0.166 e. The van der Waals surface area contributed by atoms with Crippen molar-refractivity contribution in [1.82, 2.24) is 5.32 Å². The molecule has 1 N–H and O–H groups in total. The maximum absolute atomic E-state index is 13.9. The molecule has 0 aliphatic heterocycles. The lowest BCUT2D eigenvalue weighted by atomic mass is 9.97. The van der Waals surface area contributed by atoms with Crippen molar-refractivity contribution >= 4 is 12.4 Å². The van der Waals surface area contributed by atoms with Gasteiger partial charge in [0.25, 0.3) is 0 Å². The highest BCUT2D eigenvalue weighted by molar-refractivity contribution is 5.85. The molecule has 1 aliphatic carbocycles. The van der Waals surface area contributed by atoms with E-state index >= 15 is 0 Å². The molecule has 29 heavy (non-hydrogen) atoms. The molecular formula is C24H31ClFNO2. The van der Waals surface area contributed by atoms with Gasteiger partial charge in [-0.1, -0.05) is 42.0 Å². The van der Waals surface area contributed by atoms with Crippen LogP contribution in [0.25, 0.3) is 0 Å². The normalized spacial score (nSPS) is 13.4. The summed E-state index contributed by atoms with van der Waals surface area (Å²) in [6.07, 6.45) is 8.58. The minimum absolute atomic E-state index is 0. The van der Waals surface area contributed by atoms with E-state index in [0.717, 1.165) is 18.5 Å². The predicted octanol–water partition coefficient (Wildman–Crippen LogP) is 6.21. The summed E-state index contributed by atoms with van der Waals surface area (Å²) in [4.78, 5) is 0. The summed E-state index contributed by atoms with van der Waals surface area (Å²) in [6.45, 7) is 4.32. The molecule has 0 atom stereocenters. The topological polar surface area (TPSA) is 30.5 Å². The zero-order valence-corrected chi connectivity index (χ0v) is 17.9. The molecule has 0 saturated heterocycles. The first kappa shape index (κ1) is 23.2. The van der Waals surface area contributed by atoms with Crippen molar-refractivity contribution < 1.29 is 13.9 Å². The van der Waals surface area contributed by atoms with Gasteiger partial charge >= 0.3 is 0 Å². The molecule has 0 bridgehead atoms. The summed E-state index contributed by atoms with van der Waals surface area (Å²) >= 11 is 0. The van der Waals surface area contributed by atoms with Gasteiger partial charge in [-0.05, 0) is 57.7 Å². The van der Waals surface area contributed by atoms with Crippen molar-refractivity contribution in [3.63, 3.8) is 0 Å². The van der Waals surface area contributed by atoms with E-state index in [0.29, 0.717) is 30.2 Å². The molecule has 0 radical (unpaired) electrons. The van der Waals surface area contributed by atoms with Crippen LogP contribution in [0.1, 0.15) is 50.2 Å². The molecule has 5 heteroatoms. The fraction of sp³-hybridized carbons (Fsp3) is 0.417. The number of para-hydroxylation sites is 1. The Morgan fingerprint density at radius 1 is 1.00 bits per heavy atom. The van der Waals surface area contributed by atoms with Crippen molar-refractivity contribution in [1.29, 1.82) is 0 Å². The predicted molar refractivity (Wildman–Crippen MR) is 118 cm³/mol. The highest BCUT2D eigenvalue weighted by Gasteiger charge is 2.13. The maximum atomic E-state index is 13.9. The lowest BCUT2D eigenvalue weighted by Gasteiger charge is -2.17. The maximum Gasteiger partial charge on any atom is 0.166 e. The van der Waals surface area contributed by atoms with E-state index in [1.165, 1.54) is 31.7 Å². The van der Waals surface area contributed by atoms with Crippen molar-refractivity contribution in [2.75, 3.05) is 13.2 Å². The molecule has 3 nitrogen and oxygen atoms in total. The molecule has 0 heterocycles. The Morgan fingerprint density at radius 3 is 2.59 bits per heavy atom. The van der Waals surface area contributed by atoms with Gasteiger partial charge in [0.1, 0.15) is 12.4 Å². The molecule has 0 amide bonds. The quantitative estimate of drug-likeness (QED) is 0.367. The molecule has 0 spiro atoms. The minimum Gasteiger partial charge on any atom is -0.490 e. The van der Waals surface area contributed by atoms with Gasteiger partial charge in [0.05, 0.1) is 6.61 Å². The molecule has 0 saturated carbocycles. The third-order valence-electron chi connectivity index (χ3n) is 5.01. The lowest BCUT2D eigenvalue weighted by molar-refractivity contribution is 0.262. The van der Waals surface area contributed by atoms with Crippen molar-refractivity contribution in [2.45, 2.75) is 52.2 Å². The average Bonchev–Trinajstić information content (AvgIpc) is 2.73. The van der Waals surface area contributed by atoms with Gasteiger partial charge in [0.2, 0.25) is 0 Å². The second kappa shape index (κ2) is 12.5. The van der Waals surface area contributed by atoms with E-state index in [9.17, 15) is 4.39 Å². The Balaban J connectivity index is 0.00000300. The largest absolute Gasteiger partial charge is 0.490 e. The van der Waals surface area contributed by atoms with Crippen LogP contribution in [0.3, 0.4) is 0 Å². The molecular weight excluding hydrogens is 389 g/mol. The van der Waals surface area contributed by atoms with Gasteiger partial charge in [-0.3, -0.25) is 0 Å². The second-order valence-corrected chi connectivity index (χ2v) is 7.09. The number of halogens is 2. The Kier molecular flexibility index (Phi) is 10.0. The molecule has 3 rings (SSSR count). The van der Waals surface area contributed by atoms with E-state index in [-0.39, 0.29) is 24.8 Å². The van der Waals surface area contributed by atoms with Crippen LogP contribution in [0, 0.1) is 5.82 Å². The van der Waals surface area contributed by atoms with Gasteiger partial charge in [-0.25, -0.2) is 4.39 Å². The molecule has 2 aromatic carbocycles. The molecule has 0 aromatic heterocycles.